The molecule has 0 amide bonds. The Kier molecular flexibility index (Phi) is 6.85. The normalized spacial score (nSPS) is 12.7. The average molecular weight is 422 g/mol. The first-order chi connectivity index (χ1) is 12.7. The van der Waals surface area contributed by atoms with Crippen LogP contribution in [0.25, 0.3) is 0 Å². The smallest absolute Gasteiger partial charge is 0.387 e. The standard InChI is InChI=1S/C17H18ClF2NO5S/c1-10(13-8-11(24-2)4-6-15(13)25-3)21-27(22,23)12-5-7-16(14(18)9-12)26-17(19)20/h4-10,17,21H,1-3H3. The molecule has 1 N–H and O–H groups in total. The molecular formula is C17H18ClF2NO5S. The molecule has 0 fully saturated rings. The lowest BCUT2D eigenvalue weighted by atomic mass is 10.1. The van der Waals surface area contributed by atoms with Crippen molar-refractivity contribution >= 4 is 21.6 Å². The zero-order chi connectivity index (χ0) is 20.2. The Morgan fingerprint density at radius 2 is 1.70 bits per heavy atom. The largest absolute Gasteiger partial charge is 0.497 e. The Morgan fingerprint density at radius 1 is 1.04 bits per heavy atom. The van der Waals surface area contributed by atoms with Gasteiger partial charge in [-0.1, -0.05) is 11.6 Å². The van der Waals surface area contributed by atoms with E-state index in [2.05, 4.69) is 9.46 Å². The first-order valence-corrected chi connectivity index (χ1v) is 9.52. The van der Waals surface area contributed by atoms with E-state index in [1.165, 1.54) is 14.2 Å². The molecule has 0 aliphatic heterocycles. The zero-order valence-electron chi connectivity index (χ0n) is 14.7. The van der Waals surface area contributed by atoms with Gasteiger partial charge in [0.05, 0.1) is 24.1 Å². The van der Waals surface area contributed by atoms with Gasteiger partial charge in [-0.05, 0) is 43.3 Å². The molecule has 10 heteroatoms. The van der Waals surface area contributed by atoms with Crippen LogP contribution in [-0.2, 0) is 10.0 Å². The van der Waals surface area contributed by atoms with Crippen LogP contribution < -0.4 is 18.9 Å². The third kappa shape index (κ3) is 5.21. The van der Waals surface area contributed by atoms with Gasteiger partial charge in [-0.2, -0.15) is 8.78 Å². The lowest BCUT2D eigenvalue weighted by molar-refractivity contribution is -0.0498. The Hall–Kier alpha value is -2.10. The fourth-order valence-corrected chi connectivity index (χ4v) is 3.92. The fraction of sp³-hybridized carbons (Fsp3) is 0.294. The van der Waals surface area contributed by atoms with Crippen molar-refractivity contribution in [3.05, 3.63) is 47.0 Å². The molecule has 0 spiro atoms. The Bertz CT molecular complexity index is 908. The van der Waals surface area contributed by atoms with E-state index in [9.17, 15) is 17.2 Å². The molecule has 0 aromatic heterocycles. The predicted octanol–water partition coefficient (Wildman–Crippen LogP) is 4.00. The van der Waals surface area contributed by atoms with Gasteiger partial charge in [0.1, 0.15) is 17.2 Å². The second-order valence-electron chi connectivity index (χ2n) is 5.42. The van der Waals surface area contributed by atoms with Crippen molar-refractivity contribution in [1.29, 1.82) is 0 Å². The second kappa shape index (κ2) is 8.73. The van der Waals surface area contributed by atoms with Gasteiger partial charge in [0.25, 0.3) is 0 Å². The zero-order valence-corrected chi connectivity index (χ0v) is 16.3. The summed E-state index contributed by atoms with van der Waals surface area (Å²) in [6.45, 7) is -1.44. The van der Waals surface area contributed by atoms with Crippen molar-refractivity contribution in [3.8, 4) is 17.2 Å². The summed E-state index contributed by atoms with van der Waals surface area (Å²) in [7, 11) is -1.04. The monoisotopic (exact) mass is 421 g/mol. The summed E-state index contributed by atoms with van der Waals surface area (Å²) >= 11 is 5.83. The summed E-state index contributed by atoms with van der Waals surface area (Å²) in [5, 5.41) is -0.246. The summed E-state index contributed by atoms with van der Waals surface area (Å²) in [6, 6.07) is 7.56. The van der Waals surface area contributed by atoms with Crippen LogP contribution in [0.4, 0.5) is 8.78 Å². The van der Waals surface area contributed by atoms with Gasteiger partial charge < -0.3 is 14.2 Å². The number of sulfonamides is 1. The third-order valence-electron chi connectivity index (χ3n) is 3.67. The van der Waals surface area contributed by atoms with Gasteiger partial charge in [0, 0.05) is 11.6 Å². The number of rotatable bonds is 8. The second-order valence-corrected chi connectivity index (χ2v) is 7.54. The van der Waals surface area contributed by atoms with E-state index in [0.717, 1.165) is 18.2 Å². The number of nitrogens with one attached hydrogen (secondary N) is 1. The molecule has 2 rings (SSSR count). The van der Waals surface area contributed by atoms with Crippen LogP contribution in [-0.4, -0.2) is 29.2 Å². The molecule has 0 heterocycles. The van der Waals surface area contributed by atoms with E-state index < -0.39 is 22.7 Å². The minimum Gasteiger partial charge on any atom is -0.497 e. The number of hydrogen-bond acceptors (Lipinski definition) is 5. The molecule has 1 unspecified atom stereocenters. The molecule has 148 valence electrons. The number of alkyl halides is 2. The van der Waals surface area contributed by atoms with Crippen molar-refractivity contribution in [2.45, 2.75) is 24.5 Å². The average Bonchev–Trinajstić information content (AvgIpc) is 2.61. The van der Waals surface area contributed by atoms with Gasteiger partial charge >= 0.3 is 6.61 Å². The molecule has 0 aliphatic carbocycles. The number of ether oxygens (including phenoxy) is 3. The van der Waals surface area contributed by atoms with Crippen molar-refractivity contribution in [2.24, 2.45) is 0 Å². The molecule has 27 heavy (non-hydrogen) atoms. The van der Waals surface area contributed by atoms with E-state index in [0.29, 0.717) is 17.1 Å². The van der Waals surface area contributed by atoms with Crippen LogP contribution in [0.3, 0.4) is 0 Å². The molecule has 0 bridgehead atoms. The quantitative estimate of drug-likeness (QED) is 0.697. The van der Waals surface area contributed by atoms with Gasteiger partial charge in [-0.3, -0.25) is 0 Å². The van der Waals surface area contributed by atoms with E-state index in [4.69, 9.17) is 21.1 Å². The van der Waals surface area contributed by atoms with Crippen molar-refractivity contribution in [3.63, 3.8) is 0 Å². The van der Waals surface area contributed by atoms with Crippen LogP contribution in [0.2, 0.25) is 5.02 Å². The first-order valence-electron chi connectivity index (χ1n) is 7.66. The number of halogens is 3. The van der Waals surface area contributed by atoms with E-state index in [1.54, 1.807) is 25.1 Å². The van der Waals surface area contributed by atoms with Gasteiger partial charge in [0.15, 0.2) is 0 Å². The molecule has 6 nitrogen and oxygen atoms in total. The molecule has 0 radical (unpaired) electrons. The summed E-state index contributed by atoms with van der Waals surface area (Å²) in [5.74, 6) is 0.700. The summed E-state index contributed by atoms with van der Waals surface area (Å²) in [6.07, 6.45) is 0. The van der Waals surface area contributed by atoms with E-state index in [-0.39, 0.29) is 15.7 Å². The highest BCUT2D eigenvalue weighted by molar-refractivity contribution is 7.89. The molecule has 0 saturated carbocycles. The number of methoxy groups -OCH3 is 2. The predicted molar refractivity (Wildman–Crippen MR) is 96.4 cm³/mol. The van der Waals surface area contributed by atoms with E-state index >= 15 is 0 Å². The summed E-state index contributed by atoms with van der Waals surface area (Å²) in [5.41, 5.74) is 0.559. The third-order valence-corrected chi connectivity index (χ3v) is 5.50. The minimum atomic E-state index is -3.99. The van der Waals surface area contributed by atoms with Crippen molar-refractivity contribution in [2.75, 3.05) is 14.2 Å². The Labute approximate surface area is 161 Å². The van der Waals surface area contributed by atoms with Crippen molar-refractivity contribution in [1.82, 2.24) is 4.72 Å². The fourth-order valence-electron chi connectivity index (χ4n) is 2.38. The van der Waals surface area contributed by atoms with Gasteiger partial charge in [0.2, 0.25) is 10.0 Å². The lowest BCUT2D eigenvalue weighted by Gasteiger charge is -2.18. The highest BCUT2D eigenvalue weighted by Crippen LogP contribution is 2.32. The molecule has 2 aromatic carbocycles. The van der Waals surface area contributed by atoms with Crippen LogP contribution in [0.1, 0.15) is 18.5 Å². The summed E-state index contributed by atoms with van der Waals surface area (Å²) < 4.78 is 67.0. The number of hydrogen-bond donors (Lipinski definition) is 1. The van der Waals surface area contributed by atoms with Crippen LogP contribution >= 0.6 is 11.6 Å². The minimum absolute atomic E-state index is 0.192. The van der Waals surface area contributed by atoms with Gasteiger partial charge in [-0.15, -0.1) is 0 Å². The molecule has 2 aromatic rings. The van der Waals surface area contributed by atoms with Crippen LogP contribution in [0, 0.1) is 0 Å². The first kappa shape index (κ1) is 21.2. The van der Waals surface area contributed by atoms with Crippen molar-refractivity contribution < 1.29 is 31.4 Å². The lowest BCUT2D eigenvalue weighted by Crippen LogP contribution is -2.27. The maximum absolute atomic E-state index is 12.6. The summed E-state index contributed by atoms with van der Waals surface area (Å²) in [4.78, 5) is -0.192. The highest BCUT2D eigenvalue weighted by Gasteiger charge is 2.22. The molecule has 1 atom stereocenters. The van der Waals surface area contributed by atoms with Crippen LogP contribution in [0.5, 0.6) is 17.2 Å². The highest BCUT2D eigenvalue weighted by atomic mass is 35.5. The van der Waals surface area contributed by atoms with Crippen LogP contribution in [0.15, 0.2) is 41.3 Å². The van der Waals surface area contributed by atoms with Gasteiger partial charge in [-0.25, -0.2) is 13.1 Å². The molecule has 0 saturated heterocycles. The molecule has 0 aliphatic rings. The maximum Gasteiger partial charge on any atom is 0.387 e. The number of benzene rings is 2. The molecular weight excluding hydrogens is 404 g/mol. The van der Waals surface area contributed by atoms with E-state index in [1.807, 2.05) is 0 Å². The Balaban J connectivity index is 2.29. The Morgan fingerprint density at radius 3 is 2.26 bits per heavy atom. The SMILES string of the molecule is COc1ccc(OC)c(C(C)NS(=O)(=O)c2ccc(OC(F)F)c(Cl)c2)c1. The maximum atomic E-state index is 12.6. The topological polar surface area (TPSA) is 73.9 Å².